The molecule has 0 N–H and O–H groups in total. The van der Waals surface area contributed by atoms with Crippen LogP contribution in [0.2, 0.25) is 0 Å². The van der Waals surface area contributed by atoms with E-state index in [-0.39, 0.29) is 0 Å². The third kappa shape index (κ3) is 3.81. The number of hydrogen-bond donors (Lipinski definition) is 0. The third-order valence-corrected chi connectivity index (χ3v) is 1.83. The maximum absolute atomic E-state index is 10.4. The first kappa shape index (κ1) is 11.2. The molecule has 0 aromatic heterocycles. The Morgan fingerprint density at radius 1 is 1.40 bits per heavy atom. The van der Waals surface area contributed by atoms with Crippen LogP contribution in [0, 0.1) is 0 Å². The first-order valence-corrected chi connectivity index (χ1v) is 4.73. The zero-order valence-corrected chi connectivity index (χ0v) is 8.77. The summed E-state index contributed by atoms with van der Waals surface area (Å²) in [6.07, 6.45) is 4.36. The molecule has 0 fully saturated rings. The van der Waals surface area contributed by atoms with E-state index < -0.39 is 0 Å². The van der Waals surface area contributed by atoms with Gasteiger partial charge in [0.2, 0.25) is 0 Å². The molecule has 1 aromatic carbocycles. The zero-order valence-electron chi connectivity index (χ0n) is 8.77. The molecule has 0 radical (unpaired) electrons. The molecule has 15 heavy (non-hydrogen) atoms. The van der Waals surface area contributed by atoms with Crippen LogP contribution in [0.5, 0.6) is 5.75 Å². The summed E-state index contributed by atoms with van der Waals surface area (Å²) in [4.78, 5) is 10.4. The van der Waals surface area contributed by atoms with Gasteiger partial charge in [0, 0.05) is 0 Å². The third-order valence-electron chi connectivity index (χ3n) is 1.83. The van der Waals surface area contributed by atoms with E-state index in [9.17, 15) is 4.79 Å². The Hall–Kier alpha value is -1.83. The average molecular weight is 202 g/mol. The number of benzene rings is 1. The number of aldehydes is 1. The highest BCUT2D eigenvalue weighted by Gasteiger charge is 1.93. The summed E-state index contributed by atoms with van der Waals surface area (Å²) in [7, 11) is 0. The van der Waals surface area contributed by atoms with Crippen molar-refractivity contribution in [2.75, 3.05) is 6.61 Å². The summed E-state index contributed by atoms with van der Waals surface area (Å²) in [5, 5.41) is 0. The summed E-state index contributed by atoms with van der Waals surface area (Å²) in [5.74, 6) is 0.802. The lowest BCUT2D eigenvalue weighted by Gasteiger charge is -2.02. The van der Waals surface area contributed by atoms with Crippen LogP contribution in [0.25, 0.3) is 6.08 Å². The SMILES string of the molecule is C=CCOc1ccc(C=C(C)C=O)cc1. The largest absolute Gasteiger partial charge is 0.490 e. The van der Waals surface area contributed by atoms with Crippen LogP contribution in [0.4, 0.5) is 0 Å². The second-order valence-corrected chi connectivity index (χ2v) is 3.17. The highest BCUT2D eigenvalue weighted by molar-refractivity contribution is 5.80. The molecule has 2 heteroatoms. The van der Waals surface area contributed by atoms with Crippen LogP contribution < -0.4 is 4.74 Å². The van der Waals surface area contributed by atoms with E-state index in [1.165, 1.54) is 0 Å². The number of carbonyl (C=O) groups excluding carboxylic acids is 1. The van der Waals surface area contributed by atoms with Crippen molar-refractivity contribution >= 4 is 12.4 Å². The van der Waals surface area contributed by atoms with Gasteiger partial charge in [-0.3, -0.25) is 4.79 Å². The number of rotatable bonds is 5. The average Bonchev–Trinajstić information content (AvgIpc) is 2.28. The van der Waals surface area contributed by atoms with Crippen molar-refractivity contribution in [3.63, 3.8) is 0 Å². The van der Waals surface area contributed by atoms with Gasteiger partial charge >= 0.3 is 0 Å². The number of allylic oxidation sites excluding steroid dienone is 1. The van der Waals surface area contributed by atoms with Gasteiger partial charge in [-0.25, -0.2) is 0 Å². The normalized spacial score (nSPS) is 10.9. The van der Waals surface area contributed by atoms with E-state index in [1.54, 1.807) is 13.0 Å². The van der Waals surface area contributed by atoms with Crippen molar-refractivity contribution in [3.8, 4) is 5.75 Å². The molecule has 0 amide bonds. The number of carbonyl (C=O) groups is 1. The van der Waals surface area contributed by atoms with Gasteiger partial charge in [-0.1, -0.05) is 24.8 Å². The minimum Gasteiger partial charge on any atom is -0.490 e. The zero-order chi connectivity index (χ0) is 11.1. The Balaban J connectivity index is 2.71. The van der Waals surface area contributed by atoms with Crippen LogP contribution in [-0.4, -0.2) is 12.9 Å². The number of hydrogen-bond acceptors (Lipinski definition) is 2. The predicted octanol–water partition coefficient (Wildman–Crippen LogP) is 2.85. The fourth-order valence-electron chi connectivity index (χ4n) is 1.11. The first-order valence-electron chi connectivity index (χ1n) is 4.73. The fourth-order valence-corrected chi connectivity index (χ4v) is 1.11. The lowest BCUT2D eigenvalue weighted by Crippen LogP contribution is -1.92. The Kier molecular flexibility index (Phi) is 4.35. The first-order chi connectivity index (χ1) is 7.26. The molecule has 0 heterocycles. The van der Waals surface area contributed by atoms with E-state index in [0.29, 0.717) is 12.2 Å². The topological polar surface area (TPSA) is 26.3 Å². The van der Waals surface area contributed by atoms with Crippen molar-refractivity contribution in [1.82, 2.24) is 0 Å². The standard InChI is InChI=1S/C13H14O2/c1-3-8-15-13-6-4-12(5-7-13)9-11(2)10-14/h3-7,9-10H,1,8H2,2H3. The van der Waals surface area contributed by atoms with E-state index in [0.717, 1.165) is 17.6 Å². The minimum absolute atomic E-state index is 0.503. The van der Waals surface area contributed by atoms with Crippen LogP contribution in [-0.2, 0) is 4.79 Å². The van der Waals surface area contributed by atoms with E-state index in [2.05, 4.69) is 6.58 Å². The van der Waals surface area contributed by atoms with Gasteiger partial charge in [0.25, 0.3) is 0 Å². The van der Waals surface area contributed by atoms with Gasteiger partial charge in [-0.05, 0) is 36.3 Å². The number of ether oxygens (including phenoxy) is 1. The van der Waals surface area contributed by atoms with Crippen LogP contribution >= 0.6 is 0 Å². The molecule has 78 valence electrons. The second-order valence-electron chi connectivity index (χ2n) is 3.17. The van der Waals surface area contributed by atoms with Gasteiger partial charge in [-0.2, -0.15) is 0 Å². The molecule has 0 unspecified atom stereocenters. The quantitative estimate of drug-likeness (QED) is 0.417. The van der Waals surface area contributed by atoms with Crippen molar-refractivity contribution in [2.45, 2.75) is 6.92 Å². The van der Waals surface area contributed by atoms with Crippen LogP contribution in [0.3, 0.4) is 0 Å². The Bertz CT molecular complexity index is 361. The lowest BCUT2D eigenvalue weighted by molar-refractivity contribution is -0.104. The molecule has 0 atom stereocenters. The molecular weight excluding hydrogens is 188 g/mol. The fraction of sp³-hybridized carbons (Fsp3) is 0.154. The van der Waals surface area contributed by atoms with Gasteiger partial charge in [0.05, 0.1) is 0 Å². The van der Waals surface area contributed by atoms with Crippen LogP contribution in [0.1, 0.15) is 12.5 Å². The highest BCUT2D eigenvalue weighted by Crippen LogP contribution is 2.14. The van der Waals surface area contributed by atoms with Gasteiger partial charge in [-0.15, -0.1) is 0 Å². The summed E-state index contributed by atoms with van der Waals surface area (Å²) in [6, 6.07) is 7.55. The summed E-state index contributed by atoms with van der Waals surface area (Å²) in [5.41, 5.74) is 1.69. The summed E-state index contributed by atoms with van der Waals surface area (Å²) >= 11 is 0. The van der Waals surface area contributed by atoms with Crippen molar-refractivity contribution in [3.05, 3.63) is 48.1 Å². The van der Waals surface area contributed by atoms with Crippen molar-refractivity contribution in [1.29, 1.82) is 0 Å². The lowest BCUT2D eigenvalue weighted by atomic mass is 10.1. The molecule has 1 aromatic rings. The van der Waals surface area contributed by atoms with Crippen molar-refractivity contribution < 1.29 is 9.53 Å². The molecule has 0 aliphatic rings. The summed E-state index contributed by atoms with van der Waals surface area (Å²) in [6.45, 7) is 5.85. The van der Waals surface area contributed by atoms with Gasteiger partial charge in [0.1, 0.15) is 18.6 Å². The molecule has 0 saturated carbocycles. The molecule has 0 saturated heterocycles. The molecule has 1 rings (SSSR count). The maximum Gasteiger partial charge on any atom is 0.145 e. The Morgan fingerprint density at radius 2 is 2.07 bits per heavy atom. The van der Waals surface area contributed by atoms with E-state index in [4.69, 9.17) is 4.74 Å². The molecular formula is C13H14O2. The molecule has 0 aliphatic heterocycles. The van der Waals surface area contributed by atoms with Gasteiger partial charge < -0.3 is 4.74 Å². The molecule has 0 aliphatic carbocycles. The monoisotopic (exact) mass is 202 g/mol. The second kappa shape index (κ2) is 5.81. The Morgan fingerprint density at radius 3 is 2.60 bits per heavy atom. The molecule has 0 spiro atoms. The smallest absolute Gasteiger partial charge is 0.145 e. The minimum atomic E-state index is 0.503. The molecule has 0 bridgehead atoms. The van der Waals surface area contributed by atoms with E-state index >= 15 is 0 Å². The Labute approximate surface area is 89.9 Å². The van der Waals surface area contributed by atoms with Crippen LogP contribution in [0.15, 0.2) is 42.5 Å². The van der Waals surface area contributed by atoms with Crippen molar-refractivity contribution in [2.24, 2.45) is 0 Å². The maximum atomic E-state index is 10.4. The van der Waals surface area contributed by atoms with E-state index in [1.807, 2.05) is 30.3 Å². The molecule has 2 nitrogen and oxygen atoms in total. The highest BCUT2D eigenvalue weighted by atomic mass is 16.5. The van der Waals surface area contributed by atoms with Gasteiger partial charge in [0.15, 0.2) is 0 Å². The predicted molar refractivity (Wildman–Crippen MR) is 61.8 cm³/mol. The summed E-state index contributed by atoms with van der Waals surface area (Å²) < 4.78 is 5.33.